The highest BCUT2D eigenvalue weighted by atomic mass is 31.2. The van der Waals surface area contributed by atoms with Crippen LogP contribution in [0.4, 0.5) is 5.69 Å². The van der Waals surface area contributed by atoms with Crippen molar-refractivity contribution in [1.82, 2.24) is 0 Å². The van der Waals surface area contributed by atoms with Crippen LogP contribution in [0.25, 0.3) is 0 Å². The fraction of sp³-hybridized carbons (Fsp3) is 0.189. The van der Waals surface area contributed by atoms with E-state index in [4.69, 9.17) is 0 Å². The molecule has 0 fully saturated rings. The summed E-state index contributed by atoms with van der Waals surface area (Å²) in [5.41, 5.74) is 3.77. The molecule has 5 aromatic carbocycles. The van der Waals surface area contributed by atoms with Gasteiger partial charge in [-0.15, -0.1) is 0 Å². The molecule has 0 aliphatic heterocycles. The molecule has 0 aliphatic rings. The Kier molecular flexibility index (Phi) is 8.94. The van der Waals surface area contributed by atoms with Gasteiger partial charge in [0, 0.05) is 10.6 Å². The first-order valence-electron chi connectivity index (χ1n) is 14.5. The van der Waals surface area contributed by atoms with E-state index in [1.165, 1.54) is 27.4 Å². The lowest BCUT2D eigenvalue weighted by atomic mass is 9.93. The largest absolute Gasteiger partial charge is 0.310 e. The first-order valence-corrected chi connectivity index (χ1v) is 18.3. The van der Waals surface area contributed by atoms with E-state index in [0.29, 0.717) is 17.7 Å². The number of hydrogen-bond acceptors (Lipinski definition) is 2. The quantitative estimate of drug-likeness (QED) is 0.168. The minimum absolute atomic E-state index is 0.333. The van der Waals surface area contributed by atoms with Crippen molar-refractivity contribution >= 4 is 41.5 Å². The highest BCUT2D eigenvalue weighted by Gasteiger charge is 2.51. The number of hydrogen-bond donors (Lipinski definition) is 1. The number of benzene rings is 5. The van der Waals surface area contributed by atoms with Crippen LogP contribution in [0.3, 0.4) is 0 Å². The van der Waals surface area contributed by atoms with Gasteiger partial charge in [-0.25, -0.2) is 0 Å². The van der Waals surface area contributed by atoms with E-state index in [-0.39, 0.29) is 0 Å². The maximum absolute atomic E-state index is 15.8. The molecule has 0 bridgehead atoms. The van der Waals surface area contributed by atoms with E-state index in [0.717, 1.165) is 10.6 Å². The van der Waals surface area contributed by atoms with Crippen molar-refractivity contribution < 1.29 is 4.57 Å². The molecule has 0 heterocycles. The fourth-order valence-corrected chi connectivity index (χ4v) is 15.1. The Morgan fingerprint density at radius 3 is 1.27 bits per heavy atom. The maximum atomic E-state index is 15.8. The van der Waals surface area contributed by atoms with Gasteiger partial charge in [-0.2, -0.15) is 0 Å². The summed E-state index contributed by atoms with van der Waals surface area (Å²) in [5, 5.41) is 8.45. The monoisotopic (exact) mass is 576 g/mol. The van der Waals surface area contributed by atoms with Crippen LogP contribution in [-0.2, 0) is 4.57 Å². The molecule has 0 aliphatic carbocycles. The summed E-state index contributed by atoms with van der Waals surface area (Å²) in [6.45, 7) is 9.03. The molecule has 0 unspecified atom stereocenters. The number of anilines is 1. The van der Waals surface area contributed by atoms with Crippen molar-refractivity contribution in [2.75, 3.05) is 11.0 Å². The van der Waals surface area contributed by atoms with Gasteiger partial charge in [0.15, 0.2) is 14.6 Å². The Balaban J connectivity index is 1.85. The Bertz CT molecular complexity index is 1490. The topological polar surface area (TPSA) is 29.1 Å². The lowest BCUT2D eigenvalue weighted by Crippen LogP contribution is -2.34. The van der Waals surface area contributed by atoms with Crippen LogP contribution in [-0.4, -0.2) is 5.90 Å². The Hall–Kier alpha value is -3.44. The van der Waals surface area contributed by atoms with Crippen molar-refractivity contribution in [2.24, 2.45) is 0 Å². The van der Waals surface area contributed by atoms with Crippen LogP contribution in [0, 0.1) is 0 Å². The van der Waals surface area contributed by atoms with Gasteiger partial charge < -0.3 is 4.57 Å². The third kappa shape index (κ3) is 5.97. The Labute approximate surface area is 246 Å². The standard InChI is InChI=1S/C37H40NOP2/c1-29(2)35-26-17-27-36(30(3)4)37(35)38-40(31-18-9-5-10-19-31,32-20-11-6-12-21-32)28-41(39,33-22-13-7-14-23-33)34-24-15-8-16-25-34/h5-27,29-30,38H,28H2,1-4H3/q+1. The summed E-state index contributed by atoms with van der Waals surface area (Å²) in [4.78, 5) is 0. The van der Waals surface area contributed by atoms with Crippen LogP contribution in [0.15, 0.2) is 140 Å². The average molecular weight is 577 g/mol. The van der Waals surface area contributed by atoms with Crippen LogP contribution >= 0.6 is 14.6 Å². The van der Waals surface area contributed by atoms with Crippen LogP contribution in [0.2, 0.25) is 0 Å². The first-order chi connectivity index (χ1) is 19.8. The molecule has 0 amide bonds. The minimum Gasteiger partial charge on any atom is -0.310 e. The van der Waals surface area contributed by atoms with E-state index < -0.39 is 14.6 Å². The summed E-state index contributed by atoms with van der Waals surface area (Å²) in [5.74, 6) is 1.16. The number of para-hydroxylation sites is 1. The second-order valence-electron chi connectivity index (χ2n) is 11.3. The van der Waals surface area contributed by atoms with Crippen molar-refractivity contribution in [2.45, 2.75) is 39.5 Å². The van der Waals surface area contributed by atoms with Crippen LogP contribution < -0.4 is 26.3 Å². The molecular weight excluding hydrogens is 536 g/mol. The zero-order valence-electron chi connectivity index (χ0n) is 24.4. The van der Waals surface area contributed by atoms with Crippen molar-refractivity contribution in [1.29, 1.82) is 0 Å². The average Bonchev–Trinajstić information content (AvgIpc) is 3.02. The third-order valence-electron chi connectivity index (χ3n) is 7.83. The van der Waals surface area contributed by atoms with Gasteiger partial charge in [0.1, 0.15) is 16.5 Å². The Morgan fingerprint density at radius 1 is 0.537 bits per heavy atom. The molecule has 5 aromatic rings. The smallest absolute Gasteiger partial charge is 0.181 e. The molecule has 0 radical (unpaired) electrons. The van der Waals surface area contributed by atoms with Crippen molar-refractivity contribution in [3.05, 3.63) is 151 Å². The molecule has 5 rings (SSSR count). The van der Waals surface area contributed by atoms with Crippen LogP contribution in [0.5, 0.6) is 0 Å². The molecule has 2 nitrogen and oxygen atoms in total. The van der Waals surface area contributed by atoms with Gasteiger partial charge in [0.25, 0.3) is 0 Å². The van der Waals surface area contributed by atoms with E-state index in [1.54, 1.807) is 0 Å². The van der Waals surface area contributed by atoms with Gasteiger partial charge in [-0.05, 0) is 47.2 Å². The van der Waals surface area contributed by atoms with Gasteiger partial charge >= 0.3 is 0 Å². The van der Waals surface area contributed by atoms with E-state index in [2.05, 4.69) is 112 Å². The van der Waals surface area contributed by atoms with E-state index in [1.807, 2.05) is 60.7 Å². The predicted octanol–water partition coefficient (Wildman–Crippen LogP) is 8.90. The summed E-state index contributed by atoms with van der Waals surface area (Å²) in [6.07, 6.45) is 0. The summed E-state index contributed by atoms with van der Waals surface area (Å²) in [7, 11) is -5.63. The van der Waals surface area contributed by atoms with Gasteiger partial charge in [-0.3, -0.25) is 5.09 Å². The van der Waals surface area contributed by atoms with Crippen molar-refractivity contribution in [3.63, 3.8) is 0 Å². The Morgan fingerprint density at radius 2 is 0.902 bits per heavy atom. The molecule has 41 heavy (non-hydrogen) atoms. The summed E-state index contributed by atoms with van der Waals surface area (Å²) >= 11 is 0. The summed E-state index contributed by atoms with van der Waals surface area (Å²) < 4.78 is 15.8. The normalized spacial score (nSPS) is 12.0. The SMILES string of the molecule is CC(C)c1cccc(C(C)C)c1N[P+](CP(=O)(c1ccccc1)c1ccccc1)(c1ccccc1)c1ccccc1. The van der Waals surface area contributed by atoms with Gasteiger partial charge in [0.2, 0.25) is 0 Å². The predicted molar refractivity (Wildman–Crippen MR) is 182 cm³/mol. The molecule has 0 saturated heterocycles. The van der Waals surface area contributed by atoms with E-state index in [9.17, 15) is 0 Å². The highest BCUT2D eigenvalue weighted by Crippen LogP contribution is 2.67. The fourth-order valence-electron chi connectivity index (χ4n) is 5.66. The molecule has 208 valence electrons. The molecule has 4 heteroatoms. The molecule has 1 N–H and O–H groups in total. The molecule has 0 spiro atoms. The van der Waals surface area contributed by atoms with Gasteiger partial charge in [-0.1, -0.05) is 143 Å². The highest BCUT2D eigenvalue weighted by molar-refractivity contribution is 8.00. The lowest BCUT2D eigenvalue weighted by molar-refractivity contribution is 0.589. The molecular formula is C37H40NOP2+. The number of rotatable bonds is 10. The van der Waals surface area contributed by atoms with Crippen LogP contribution in [0.1, 0.15) is 50.7 Å². The minimum atomic E-state index is -3.10. The first kappa shape index (κ1) is 29.1. The van der Waals surface area contributed by atoms with E-state index >= 15 is 4.57 Å². The maximum Gasteiger partial charge on any atom is 0.181 e. The second kappa shape index (κ2) is 12.6. The molecule has 0 aromatic heterocycles. The molecule has 0 atom stereocenters. The van der Waals surface area contributed by atoms with Gasteiger partial charge in [0.05, 0.1) is 5.69 Å². The zero-order valence-corrected chi connectivity index (χ0v) is 26.2. The molecule has 0 saturated carbocycles. The summed E-state index contributed by atoms with van der Waals surface area (Å²) in [6, 6.07) is 48.4. The lowest BCUT2D eigenvalue weighted by Gasteiger charge is -2.34. The third-order valence-corrected chi connectivity index (χ3v) is 16.3. The number of nitrogens with one attached hydrogen (secondary N) is 1. The second-order valence-corrected chi connectivity index (χ2v) is 17.8. The zero-order chi connectivity index (χ0) is 28.9. The van der Waals surface area contributed by atoms with Crippen molar-refractivity contribution in [3.8, 4) is 0 Å².